The van der Waals surface area contributed by atoms with Crippen LogP contribution in [0.4, 0.5) is 11.7 Å². The molecule has 0 spiro atoms. The lowest BCUT2D eigenvalue weighted by Gasteiger charge is -1.94. The molecule has 5 heteroatoms. The lowest BCUT2D eigenvalue weighted by molar-refractivity contribution is 0.477. The highest BCUT2D eigenvalue weighted by Gasteiger charge is 2.05. The van der Waals surface area contributed by atoms with Gasteiger partial charge in [0, 0.05) is 6.07 Å². The highest BCUT2D eigenvalue weighted by Crippen LogP contribution is 2.27. The molecule has 0 bridgehead atoms. The van der Waals surface area contributed by atoms with Crippen LogP contribution in [0.3, 0.4) is 0 Å². The van der Waals surface area contributed by atoms with Crippen LogP contribution in [0, 0.1) is 0 Å². The van der Waals surface area contributed by atoms with Crippen LogP contribution >= 0.6 is 0 Å². The van der Waals surface area contributed by atoms with E-state index in [9.17, 15) is 5.11 Å². The first-order chi connectivity index (χ1) is 5.66. The number of hydrogen-bond donors (Lipinski definition) is 3. The Labute approximate surface area is 67.6 Å². The zero-order valence-corrected chi connectivity index (χ0v) is 6.11. The summed E-state index contributed by atoms with van der Waals surface area (Å²) >= 11 is 0. The number of nitrogen functional groups attached to an aromatic ring is 2. The van der Waals surface area contributed by atoms with Crippen LogP contribution in [0.1, 0.15) is 0 Å². The maximum Gasteiger partial charge on any atom is 0.292 e. The summed E-state index contributed by atoms with van der Waals surface area (Å²) in [4.78, 5) is 3.84. The first kappa shape index (κ1) is 6.78. The van der Waals surface area contributed by atoms with Crippen molar-refractivity contribution in [1.82, 2.24) is 4.98 Å². The Hall–Kier alpha value is -1.91. The number of anilines is 2. The molecule has 0 radical (unpaired) electrons. The summed E-state index contributed by atoms with van der Waals surface area (Å²) in [5, 5.41) is 9.17. The minimum absolute atomic E-state index is 0.0290. The van der Waals surface area contributed by atoms with Crippen molar-refractivity contribution >= 4 is 22.8 Å². The van der Waals surface area contributed by atoms with E-state index in [0.717, 1.165) is 0 Å². The van der Waals surface area contributed by atoms with E-state index >= 15 is 0 Å². The molecule has 0 unspecified atom stereocenters. The Morgan fingerprint density at radius 3 is 2.83 bits per heavy atom. The van der Waals surface area contributed by atoms with Gasteiger partial charge >= 0.3 is 0 Å². The molecule has 0 aliphatic heterocycles. The molecule has 2 rings (SSSR count). The van der Waals surface area contributed by atoms with Crippen LogP contribution in [0.15, 0.2) is 16.5 Å². The number of hydrogen-bond acceptors (Lipinski definition) is 5. The van der Waals surface area contributed by atoms with Crippen molar-refractivity contribution < 1.29 is 9.52 Å². The number of nitrogens with two attached hydrogens (primary N) is 2. The third kappa shape index (κ3) is 0.833. The summed E-state index contributed by atoms with van der Waals surface area (Å²) in [6, 6.07) is 2.95. The fraction of sp³-hybridized carbons (Fsp3) is 0. The number of fused-ring (bicyclic) bond motifs is 1. The van der Waals surface area contributed by atoms with Gasteiger partial charge in [-0.25, -0.2) is 0 Å². The molecule has 0 saturated heterocycles. The molecule has 0 atom stereocenters. The number of aromatic hydroxyl groups is 1. The van der Waals surface area contributed by atoms with Crippen LogP contribution in [-0.4, -0.2) is 10.1 Å². The molecule has 1 heterocycles. The zero-order chi connectivity index (χ0) is 8.72. The van der Waals surface area contributed by atoms with Crippen molar-refractivity contribution in [2.24, 2.45) is 0 Å². The molecule has 5 N–H and O–H groups in total. The second kappa shape index (κ2) is 2.04. The van der Waals surface area contributed by atoms with E-state index < -0.39 is 0 Å². The van der Waals surface area contributed by atoms with Crippen molar-refractivity contribution in [2.75, 3.05) is 11.5 Å². The predicted octanol–water partition coefficient (Wildman–Crippen LogP) is 0.698. The van der Waals surface area contributed by atoms with E-state index in [1.807, 2.05) is 0 Å². The number of aromatic nitrogens is 1. The maximum atomic E-state index is 9.17. The van der Waals surface area contributed by atoms with Crippen molar-refractivity contribution in [1.29, 1.82) is 0 Å². The second-order valence-corrected chi connectivity index (χ2v) is 2.43. The predicted molar refractivity (Wildman–Crippen MR) is 44.5 cm³/mol. The first-order valence-electron chi connectivity index (χ1n) is 3.31. The fourth-order valence-electron chi connectivity index (χ4n) is 0.997. The topological polar surface area (TPSA) is 98.3 Å². The van der Waals surface area contributed by atoms with Crippen molar-refractivity contribution in [2.45, 2.75) is 0 Å². The minimum atomic E-state index is -0.0290. The van der Waals surface area contributed by atoms with E-state index in [0.29, 0.717) is 11.1 Å². The molecule has 5 nitrogen and oxygen atoms in total. The number of benzene rings is 1. The third-order valence-corrected chi connectivity index (χ3v) is 1.55. The average molecular weight is 165 g/mol. The second-order valence-electron chi connectivity index (χ2n) is 2.43. The number of phenolic OH excluding ortho intramolecular Hbond substituents is 1. The van der Waals surface area contributed by atoms with Gasteiger partial charge in [0.2, 0.25) is 0 Å². The van der Waals surface area contributed by atoms with Crippen molar-refractivity contribution in [3.8, 4) is 5.75 Å². The lowest BCUT2D eigenvalue weighted by Crippen LogP contribution is -1.84. The summed E-state index contributed by atoms with van der Waals surface area (Å²) < 4.78 is 4.95. The fourth-order valence-corrected chi connectivity index (χ4v) is 0.997. The van der Waals surface area contributed by atoms with Crippen LogP contribution in [0.2, 0.25) is 0 Å². The van der Waals surface area contributed by atoms with Gasteiger partial charge < -0.3 is 21.0 Å². The summed E-state index contributed by atoms with van der Waals surface area (Å²) in [5.41, 5.74) is 11.9. The smallest absolute Gasteiger partial charge is 0.292 e. The molecular formula is C7H7N3O2. The van der Waals surface area contributed by atoms with Crippen LogP contribution < -0.4 is 11.5 Å². The van der Waals surface area contributed by atoms with Crippen molar-refractivity contribution in [3.63, 3.8) is 0 Å². The Morgan fingerprint density at radius 2 is 2.08 bits per heavy atom. The van der Waals surface area contributed by atoms with Crippen LogP contribution in [0.5, 0.6) is 5.75 Å². The van der Waals surface area contributed by atoms with E-state index in [4.69, 9.17) is 15.9 Å². The molecule has 0 amide bonds. The summed E-state index contributed by atoms with van der Waals surface area (Å²) in [5.74, 6) is -0.0290. The molecule has 1 aromatic heterocycles. The molecule has 1 aromatic carbocycles. The molecule has 62 valence electrons. The zero-order valence-electron chi connectivity index (χ0n) is 6.11. The van der Waals surface area contributed by atoms with Gasteiger partial charge in [0.05, 0.1) is 5.69 Å². The summed E-state index contributed by atoms with van der Waals surface area (Å²) in [7, 11) is 0. The molecule has 12 heavy (non-hydrogen) atoms. The third-order valence-electron chi connectivity index (χ3n) is 1.55. The largest absolute Gasteiger partial charge is 0.506 e. The van der Waals surface area contributed by atoms with E-state index in [1.54, 1.807) is 0 Å². The molecular weight excluding hydrogens is 158 g/mol. The molecule has 0 aliphatic carbocycles. The van der Waals surface area contributed by atoms with Gasteiger partial charge in [0.1, 0.15) is 11.3 Å². The van der Waals surface area contributed by atoms with Crippen molar-refractivity contribution in [3.05, 3.63) is 12.1 Å². The average Bonchev–Trinajstić information content (AvgIpc) is 2.30. The highest BCUT2D eigenvalue weighted by atomic mass is 16.4. The van der Waals surface area contributed by atoms with Gasteiger partial charge in [0.15, 0.2) is 5.58 Å². The van der Waals surface area contributed by atoms with Gasteiger partial charge in [-0.3, -0.25) is 0 Å². The van der Waals surface area contributed by atoms with Gasteiger partial charge in [-0.05, 0) is 6.07 Å². The lowest BCUT2D eigenvalue weighted by atomic mass is 10.3. The molecule has 2 aromatic rings. The summed E-state index contributed by atoms with van der Waals surface area (Å²) in [6.45, 7) is 0. The number of oxazole rings is 1. The monoisotopic (exact) mass is 165 g/mol. The van der Waals surface area contributed by atoms with Gasteiger partial charge in [-0.1, -0.05) is 0 Å². The first-order valence-corrected chi connectivity index (χ1v) is 3.31. The Balaban J connectivity index is 2.83. The van der Waals surface area contributed by atoms with Crippen LogP contribution in [-0.2, 0) is 0 Å². The van der Waals surface area contributed by atoms with Gasteiger partial charge in [-0.15, -0.1) is 0 Å². The van der Waals surface area contributed by atoms with Crippen LogP contribution in [0.25, 0.3) is 11.1 Å². The van der Waals surface area contributed by atoms with Gasteiger partial charge in [-0.2, -0.15) is 4.98 Å². The Kier molecular flexibility index (Phi) is 1.15. The molecule has 0 aliphatic rings. The number of nitrogens with zero attached hydrogens (tertiary/aromatic N) is 1. The molecule has 0 fully saturated rings. The summed E-state index contributed by atoms with van der Waals surface area (Å²) in [6.07, 6.45) is 0. The Morgan fingerprint density at radius 1 is 1.33 bits per heavy atom. The maximum absolute atomic E-state index is 9.17. The number of rotatable bonds is 0. The molecule has 0 saturated carbocycles. The van der Waals surface area contributed by atoms with E-state index in [-0.39, 0.29) is 17.5 Å². The Bertz CT molecular complexity index is 396. The van der Waals surface area contributed by atoms with E-state index in [1.165, 1.54) is 12.1 Å². The number of phenols is 1. The minimum Gasteiger partial charge on any atom is -0.506 e. The SMILES string of the molecule is Nc1nc2cc(N)c(O)cc2o1. The quantitative estimate of drug-likeness (QED) is 0.394. The standard InChI is InChI=1S/C7H7N3O2/c8-3-1-4-6(2-5(3)11)12-7(9)10-4/h1-2,11H,8H2,(H2,9,10). The highest BCUT2D eigenvalue weighted by molar-refractivity contribution is 5.81. The van der Waals surface area contributed by atoms with E-state index in [2.05, 4.69) is 4.98 Å². The van der Waals surface area contributed by atoms with Gasteiger partial charge in [0.25, 0.3) is 6.01 Å². The normalized spacial score (nSPS) is 10.7.